The quantitative estimate of drug-likeness (QED) is 0.0892. The van der Waals surface area contributed by atoms with Crippen LogP contribution in [-0.2, 0) is 20.9 Å². The van der Waals surface area contributed by atoms with Gasteiger partial charge < -0.3 is 24.5 Å². The number of pyridine rings is 1. The molecule has 2 amide bonds. The molecule has 4 aromatic rings. The van der Waals surface area contributed by atoms with Crippen molar-refractivity contribution in [3.63, 3.8) is 0 Å². The van der Waals surface area contributed by atoms with Gasteiger partial charge in [0, 0.05) is 17.6 Å². The molecule has 250 valence electrons. The van der Waals surface area contributed by atoms with Crippen LogP contribution in [0.5, 0.6) is 0 Å². The minimum Gasteiger partial charge on any atom is -0.459 e. The fourth-order valence-electron chi connectivity index (χ4n) is 7.78. The van der Waals surface area contributed by atoms with Crippen molar-refractivity contribution in [1.82, 2.24) is 4.98 Å². The first-order valence-corrected chi connectivity index (χ1v) is 17.1. The molecule has 0 saturated carbocycles. The highest BCUT2D eigenvalue weighted by molar-refractivity contribution is 6.43. The Labute approximate surface area is 286 Å². The smallest absolute Gasteiger partial charge is 0.455 e. The summed E-state index contributed by atoms with van der Waals surface area (Å²) in [6.07, 6.45) is 6.83. The first-order valence-electron chi connectivity index (χ1n) is 17.1. The highest BCUT2D eigenvalue weighted by Gasteiger charge is 2.57. The summed E-state index contributed by atoms with van der Waals surface area (Å²) in [6.45, 7) is 1.93. The number of para-hydroxylation sites is 1. The molecule has 7 rings (SSSR count). The zero-order valence-electron chi connectivity index (χ0n) is 27.5. The van der Waals surface area contributed by atoms with Gasteiger partial charge in [-0.2, -0.15) is 0 Å². The third-order valence-electron chi connectivity index (χ3n) is 9.87. The minimum atomic E-state index is -1.06. The number of aromatic nitrogens is 1. The van der Waals surface area contributed by atoms with Crippen molar-refractivity contribution in [2.45, 2.75) is 58.1 Å². The first kappa shape index (κ1) is 32.8. The van der Waals surface area contributed by atoms with Gasteiger partial charge in [-0.15, -0.1) is 0 Å². The molecular formula is C39H40BN3O6. The number of benzene rings is 2. The Balaban J connectivity index is 1.15. The topological polar surface area (TPSA) is 125 Å². The van der Waals surface area contributed by atoms with Gasteiger partial charge >= 0.3 is 7.12 Å². The maximum Gasteiger partial charge on any atom is 0.455 e. The number of rotatable bonds is 11. The summed E-state index contributed by atoms with van der Waals surface area (Å²) in [4.78, 5) is 34.2. The van der Waals surface area contributed by atoms with Gasteiger partial charge in [0.1, 0.15) is 18.1 Å². The Bertz CT molecular complexity index is 1860. The number of nitrogens with one attached hydrogen (secondary N) is 1. The second-order valence-electron chi connectivity index (χ2n) is 13.0. The number of nitrogens with zero attached hydrogens (tertiary/aromatic N) is 2. The summed E-state index contributed by atoms with van der Waals surface area (Å²) in [5, 5.41) is 23.9. The lowest BCUT2D eigenvalue weighted by Crippen LogP contribution is -2.46. The van der Waals surface area contributed by atoms with Crippen LogP contribution in [0.2, 0.25) is 6.32 Å². The lowest BCUT2D eigenvalue weighted by Gasteiger charge is -2.43. The van der Waals surface area contributed by atoms with E-state index in [9.17, 15) is 19.7 Å². The van der Waals surface area contributed by atoms with E-state index < -0.39 is 25.1 Å². The summed E-state index contributed by atoms with van der Waals surface area (Å²) in [6, 6.07) is 26.5. The molecular weight excluding hydrogens is 617 g/mol. The molecule has 0 radical (unpaired) electrons. The largest absolute Gasteiger partial charge is 0.459 e. The third kappa shape index (κ3) is 6.77. The molecule has 3 aliphatic rings. The maximum atomic E-state index is 14.2. The second-order valence-corrected chi connectivity index (χ2v) is 13.0. The molecule has 2 aliphatic heterocycles. The standard InChI is InChI=1S/C39H40BN3O6/c1-2-8-26-22-32-37(39(46)43(38(32)45)29-15-13-28(14-16-29)42-27-9-4-3-5-10-27)33-23-40(47)49-35(36(26)33)19-12-25(34-11-6-7-20-41-34)21-30-17-18-31(24-44)48-30/h3-7,9-11,13-18,20-21,32-33,35,37,42,44,47H,2,8,12,19,22-24H2,1H3/b25-21-/t32-,33+,35-,37-/m1/s1. The molecule has 2 fully saturated rings. The predicted molar refractivity (Wildman–Crippen MR) is 189 cm³/mol. The predicted octanol–water partition coefficient (Wildman–Crippen LogP) is 7.03. The number of carbonyl (C=O) groups excluding carboxylic acids is 2. The Morgan fingerprint density at radius 1 is 0.980 bits per heavy atom. The fourth-order valence-corrected chi connectivity index (χ4v) is 7.78. The van der Waals surface area contributed by atoms with Crippen molar-refractivity contribution in [3.05, 3.63) is 119 Å². The SMILES string of the molecule is CCCC1=C2[C@@H](CC/C(=C/c3ccc(CO)o3)c3ccccn3)OB(O)C[C@@H]2[C@@H]2C(=O)N(c3ccc(Nc4ccccc4)cc3)C(=O)[C@@H]2C1. The van der Waals surface area contributed by atoms with E-state index in [-0.39, 0.29) is 30.7 Å². The summed E-state index contributed by atoms with van der Waals surface area (Å²) >= 11 is 0. The van der Waals surface area contributed by atoms with Crippen LogP contribution in [0.4, 0.5) is 17.1 Å². The van der Waals surface area contributed by atoms with E-state index in [2.05, 4.69) is 17.2 Å². The third-order valence-corrected chi connectivity index (χ3v) is 9.87. The second kappa shape index (κ2) is 14.4. The van der Waals surface area contributed by atoms with E-state index in [1.165, 1.54) is 4.90 Å². The fraction of sp³-hybridized carbons (Fsp3) is 0.308. The van der Waals surface area contributed by atoms with Gasteiger partial charge in [-0.3, -0.25) is 19.5 Å². The molecule has 49 heavy (non-hydrogen) atoms. The average molecular weight is 658 g/mol. The molecule has 0 spiro atoms. The van der Waals surface area contributed by atoms with Gasteiger partial charge in [0.05, 0.1) is 29.3 Å². The van der Waals surface area contributed by atoms with E-state index in [4.69, 9.17) is 9.07 Å². The van der Waals surface area contributed by atoms with Crippen LogP contribution in [0.25, 0.3) is 11.6 Å². The lowest BCUT2D eigenvalue weighted by molar-refractivity contribution is -0.122. The van der Waals surface area contributed by atoms with Crippen LogP contribution < -0.4 is 10.2 Å². The molecule has 1 aliphatic carbocycles. The van der Waals surface area contributed by atoms with E-state index in [1.54, 1.807) is 12.3 Å². The van der Waals surface area contributed by atoms with Crippen molar-refractivity contribution in [2.24, 2.45) is 17.8 Å². The van der Waals surface area contributed by atoms with Gasteiger partial charge in [0.25, 0.3) is 0 Å². The van der Waals surface area contributed by atoms with Crippen LogP contribution in [0, 0.1) is 17.8 Å². The zero-order valence-corrected chi connectivity index (χ0v) is 27.5. The normalized spacial score (nSPS) is 22.4. The Hall–Kier alpha value is -4.77. The lowest BCUT2D eigenvalue weighted by atomic mass is 9.58. The molecule has 0 unspecified atom stereocenters. The van der Waals surface area contributed by atoms with Gasteiger partial charge in [-0.05, 0) is 116 Å². The summed E-state index contributed by atoms with van der Waals surface area (Å²) in [5.41, 5.74) is 6.31. The minimum absolute atomic E-state index is 0.176. The Morgan fingerprint density at radius 3 is 2.47 bits per heavy atom. The van der Waals surface area contributed by atoms with Crippen molar-refractivity contribution in [1.29, 1.82) is 0 Å². The van der Waals surface area contributed by atoms with Crippen LogP contribution >= 0.6 is 0 Å². The number of imide groups is 1. The maximum absolute atomic E-state index is 14.2. The van der Waals surface area contributed by atoms with Crippen molar-refractivity contribution in [2.75, 3.05) is 10.2 Å². The molecule has 4 atom stereocenters. The summed E-state index contributed by atoms with van der Waals surface area (Å²) in [7, 11) is -1.06. The summed E-state index contributed by atoms with van der Waals surface area (Å²) < 4.78 is 12.0. The molecule has 2 aromatic heterocycles. The van der Waals surface area contributed by atoms with Crippen LogP contribution in [0.15, 0.2) is 107 Å². The average Bonchev–Trinajstić information content (AvgIpc) is 3.68. The van der Waals surface area contributed by atoms with Gasteiger partial charge in [-0.25, -0.2) is 0 Å². The number of hydrogen-bond donors (Lipinski definition) is 3. The first-order chi connectivity index (χ1) is 23.9. The molecule has 4 heterocycles. The molecule has 9 nitrogen and oxygen atoms in total. The molecule has 2 saturated heterocycles. The Morgan fingerprint density at radius 2 is 1.76 bits per heavy atom. The van der Waals surface area contributed by atoms with Crippen LogP contribution in [-0.4, -0.2) is 40.2 Å². The van der Waals surface area contributed by atoms with Crippen molar-refractivity contribution in [3.8, 4) is 0 Å². The van der Waals surface area contributed by atoms with Crippen molar-refractivity contribution >= 4 is 47.6 Å². The van der Waals surface area contributed by atoms with Crippen LogP contribution in [0.1, 0.15) is 56.2 Å². The number of hydrogen-bond acceptors (Lipinski definition) is 8. The molecule has 10 heteroatoms. The summed E-state index contributed by atoms with van der Waals surface area (Å²) in [5.74, 6) is -0.631. The number of fused-ring (bicyclic) bond motifs is 3. The zero-order chi connectivity index (χ0) is 33.9. The number of aliphatic hydroxyl groups excluding tert-OH is 1. The number of amides is 2. The number of furan rings is 1. The number of allylic oxidation sites excluding steroid dienone is 2. The van der Waals surface area contributed by atoms with Gasteiger partial charge in [0.15, 0.2) is 0 Å². The van der Waals surface area contributed by atoms with Crippen molar-refractivity contribution < 1.29 is 28.8 Å². The monoisotopic (exact) mass is 657 g/mol. The van der Waals surface area contributed by atoms with E-state index in [0.717, 1.165) is 46.6 Å². The Kier molecular flexibility index (Phi) is 9.62. The molecule has 3 N–H and O–H groups in total. The van der Waals surface area contributed by atoms with Crippen LogP contribution in [0.3, 0.4) is 0 Å². The molecule has 2 aromatic carbocycles. The highest BCUT2D eigenvalue weighted by Crippen LogP contribution is 2.52. The number of anilines is 3. The van der Waals surface area contributed by atoms with E-state index in [0.29, 0.717) is 36.5 Å². The number of carbonyl (C=O) groups is 2. The highest BCUT2D eigenvalue weighted by atomic mass is 16.5. The molecule has 0 bridgehead atoms. The number of aliphatic hydroxyl groups is 1. The van der Waals surface area contributed by atoms with E-state index >= 15 is 0 Å². The van der Waals surface area contributed by atoms with Gasteiger partial charge in [0.2, 0.25) is 11.8 Å². The van der Waals surface area contributed by atoms with Gasteiger partial charge in [-0.1, -0.05) is 43.2 Å². The van der Waals surface area contributed by atoms with E-state index in [1.807, 2.05) is 84.9 Å².